The van der Waals surface area contributed by atoms with Crippen LogP contribution < -0.4 is 5.32 Å². The first-order valence-electron chi connectivity index (χ1n) is 6.54. The highest BCUT2D eigenvalue weighted by molar-refractivity contribution is 9.10. The van der Waals surface area contributed by atoms with E-state index in [9.17, 15) is 0 Å². The van der Waals surface area contributed by atoms with Crippen molar-refractivity contribution in [2.75, 3.05) is 5.32 Å². The Bertz CT molecular complexity index is 793. The third-order valence-corrected chi connectivity index (χ3v) is 4.44. The molecule has 0 aliphatic heterocycles. The summed E-state index contributed by atoms with van der Waals surface area (Å²) in [6, 6.07) is 13.6. The maximum absolute atomic E-state index is 6.40. The Morgan fingerprint density at radius 2 is 1.73 bits per heavy atom. The number of aryl methyl sites for hydroxylation is 1. The van der Waals surface area contributed by atoms with Crippen LogP contribution in [-0.2, 0) is 7.05 Å². The normalized spacial score (nSPS) is 10.7. The Balaban J connectivity index is 1.91. The van der Waals surface area contributed by atoms with E-state index in [-0.39, 0.29) is 0 Å². The van der Waals surface area contributed by atoms with Crippen LogP contribution >= 0.6 is 39.1 Å². The predicted molar refractivity (Wildman–Crippen MR) is 96.1 cm³/mol. The Labute approximate surface area is 147 Å². The number of aromatic nitrogens is 2. The molecule has 1 N–H and O–H groups in total. The van der Waals surface area contributed by atoms with Gasteiger partial charge in [0.05, 0.1) is 21.4 Å². The third kappa shape index (κ3) is 3.14. The molecular weight excluding hydrogens is 385 g/mol. The molecule has 6 heteroatoms. The summed E-state index contributed by atoms with van der Waals surface area (Å²) in [7, 11) is 1.86. The van der Waals surface area contributed by atoms with Crippen molar-refractivity contribution in [2.24, 2.45) is 7.05 Å². The Morgan fingerprint density at radius 1 is 1.05 bits per heavy atom. The molecule has 0 saturated heterocycles. The average Bonchev–Trinajstić information content (AvgIpc) is 2.82. The summed E-state index contributed by atoms with van der Waals surface area (Å²) in [4.78, 5) is 0. The van der Waals surface area contributed by atoms with Crippen molar-refractivity contribution in [1.29, 1.82) is 0 Å². The fourth-order valence-corrected chi connectivity index (χ4v) is 2.92. The molecule has 112 valence electrons. The Kier molecular flexibility index (Phi) is 4.43. The minimum absolute atomic E-state index is 0.639. The van der Waals surface area contributed by atoms with Gasteiger partial charge in [0.15, 0.2) is 0 Å². The summed E-state index contributed by atoms with van der Waals surface area (Å²) in [5.41, 5.74) is 2.93. The number of nitrogens with one attached hydrogen (secondary N) is 1. The van der Waals surface area contributed by atoms with Gasteiger partial charge in [-0.1, -0.05) is 41.4 Å². The second-order valence-corrected chi connectivity index (χ2v) is 6.49. The number of halogens is 3. The Hall–Kier alpha value is -1.49. The van der Waals surface area contributed by atoms with Gasteiger partial charge in [0.2, 0.25) is 0 Å². The number of hydrogen-bond donors (Lipinski definition) is 1. The summed E-state index contributed by atoms with van der Waals surface area (Å²) in [5, 5.41) is 8.80. The third-order valence-electron chi connectivity index (χ3n) is 3.29. The van der Waals surface area contributed by atoms with E-state index in [1.54, 1.807) is 10.9 Å². The zero-order valence-electron chi connectivity index (χ0n) is 11.6. The van der Waals surface area contributed by atoms with E-state index in [4.69, 9.17) is 23.2 Å². The predicted octanol–water partition coefficient (Wildman–Crippen LogP) is 5.90. The van der Waals surface area contributed by atoms with Gasteiger partial charge in [-0.15, -0.1) is 0 Å². The second-order valence-electron chi connectivity index (χ2n) is 4.79. The van der Waals surface area contributed by atoms with Crippen LogP contribution in [0.4, 0.5) is 11.5 Å². The van der Waals surface area contributed by atoms with Crippen LogP contribution in [0.5, 0.6) is 0 Å². The van der Waals surface area contributed by atoms with E-state index in [0.29, 0.717) is 10.0 Å². The molecule has 0 bridgehead atoms. The van der Waals surface area contributed by atoms with E-state index >= 15 is 0 Å². The number of rotatable bonds is 3. The molecule has 0 aliphatic carbocycles. The number of benzene rings is 2. The minimum Gasteiger partial charge on any atom is -0.338 e. The van der Waals surface area contributed by atoms with Crippen molar-refractivity contribution >= 4 is 50.6 Å². The summed E-state index contributed by atoms with van der Waals surface area (Å²) in [5.74, 6) is 0.848. The van der Waals surface area contributed by atoms with Crippen LogP contribution in [0, 0.1) is 0 Å². The summed E-state index contributed by atoms with van der Waals surface area (Å²) >= 11 is 15.8. The summed E-state index contributed by atoms with van der Waals surface area (Å²) in [6.07, 6.45) is 1.73. The maximum Gasteiger partial charge on any atom is 0.142 e. The monoisotopic (exact) mass is 395 g/mol. The van der Waals surface area contributed by atoms with Gasteiger partial charge in [-0.3, -0.25) is 4.68 Å². The molecule has 0 unspecified atom stereocenters. The largest absolute Gasteiger partial charge is 0.338 e. The van der Waals surface area contributed by atoms with Gasteiger partial charge in [-0.05, 0) is 51.3 Å². The smallest absolute Gasteiger partial charge is 0.142 e. The van der Waals surface area contributed by atoms with E-state index in [1.165, 1.54) is 0 Å². The first-order chi connectivity index (χ1) is 10.5. The van der Waals surface area contributed by atoms with Gasteiger partial charge in [-0.2, -0.15) is 5.10 Å². The fourth-order valence-electron chi connectivity index (χ4n) is 2.12. The van der Waals surface area contributed by atoms with Gasteiger partial charge in [0, 0.05) is 12.1 Å². The molecule has 1 aromatic heterocycles. The van der Waals surface area contributed by atoms with Crippen molar-refractivity contribution in [2.45, 2.75) is 0 Å². The molecule has 3 aromatic rings. The van der Waals surface area contributed by atoms with Crippen LogP contribution in [0.1, 0.15) is 0 Å². The quantitative estimate of drug-likeness (QED) is 0.597. The molecule has 0 fully saturated rings. The van der Waals surface area contributed by atoms with Crippen LogP contribution in [0.25, 0.3) is 11.1 Å². The lowest BCUT2D eigenvalue weighted by atomic mass is 10.1. The average molecular weight is 397 g/mol. The molecule has 0 spiro atoms. The van der Waals surface area contributed by atoms with Crippen molar-refractivity contribution in [3.05, 3.63) is 63.2 Å². The van der Waals surface area contributed by atoms with Gasteiger partial charge >= 0.3 is 0 Å². The molecule has 3 nitrogen and oxygen atoms in total. The van der Waals surface area contributed by atoms with Crippen LogP contribution in [0.2, 0.25) is 10.0 Å². The molecule has 0 radical (unpaired) electrons. The van der Waals surface area contributed by atoms with E-state index < -0.39 is 0 Å². The van der Waals surface area contributed by atoms with Gasteiger partial charge in [-0.25, -0.2) is 0 Å². The summed E-state index contributed by atoms with van der Waals surface area (Å²) in [6.45, 7) is 0. The highest BCUT2D eigenvalue weighted by Gasteiger charge is 2.09. The van der Waals surface area contributed by atoms with Crippen molar-refractivity contribution in [1.82, 2.24) is 9.78 Å². The molecule has 0 atom stereocenters. The van der Waals surface area contributed by atoms with Crippen LogP contribution in [0.3, 0.4) is 0 Å². The molecule has 3 rings (SSSR count). The molecule has 1 heterocycles. The second kappa shape index (κ2) is 6.32. The Morgan fingerprint density at radius 3 is 2.32 bits per heavy atom. The molecule has 22 heavy (non-hydrogen) atoms. The number of hydrogen-bond acceptors (Lipinski definition) is 2. The molecule has 0 saturated carbocycles. The lowest BCUT2D eigenvalue weighted by Crippen LogP contribution is -2.00. The molecular formula is C16H12BrCl2N3. The van der Waals surface area contributed by atoms with Crippen LogP contribution in [-0.4, -0.2) is 9.78 Å². The molecule has 0 aliphatic rings. The van der Waals surface area contributed by atoms with Crippen molar-refractivity contribution < 1.29 is 0 Å². The number of anilines is 2. The lowest BCUT2D eigenvalue weighted by molar-refractivity contribution is 0.776. The van der Waals surface area contributed by atoms with Gasteiger partial charge < -0.3 is 5.32 Å². The van der Waals surface area contributed by atoms with Gasteiger partial charge in [0.1, 0.15) is 5.82 Å². The zero-order valence-corrected chi connectivity index (χ0v) is 14.7. The van der Waals surface area contributed by atoms with Crippen molar-refractivity contribution in [3.63, 3.8) is 0 Å². The highest BCUT2D eigenvalue weighted by atomic mass is 79.9. The topological polar surface area (TPSA) is 29.9 Å². The highest BCUT2D eigenvalue weighted by Crippen LogP contribution is 2.33. The minimum atomic E-state index is 0.639. The van der Waals surface area contributed by atoms with Crippen LogP contribution in [0.15, 0.2) is 53.1 Å². The lowest BCUT2D eigenvalue weighted by Gasteiger charge is -2.11. The SMILES string of the molecule is Cn1ncc(Br)c1Nc1ccc(-c2ccc(Cl)cc2)cc1Cl. The summed E-state index contributed by atoms with van der Waals surface area (Å²) < 4.78 is 2.63. The molecule has 0 amide bonds. The first kappa shape index (κ1) is 15.4. The van der Waals surface area contributed by atoms with E-state index in [0.717, 1.165) is 27.1 Å². The standard InChI is InChI=1S/C16H12BrCl2N3/c1-22-16(13(17)9-20-22)21-15-7-4-11(8-14(15)19)10-2-5-12(18)6-3-10/h2-9,21H,1H3. The first-order valence-corrected chi connectivity index (χ1v) is 8.09. The molecule has 2 aromatic carbocycles. The van der Waals surface area contributed by atoms with E-state index in [2.05, 4.69) is 26.3 Å². The maximum atomic E-state index is 6.40. The van der Waals surface area contributed by atoms with Crippen molar-refractivity contribution in [3.8, 4) is 11.1 Å². The number of nitrogens with zero attached hydrogens (tertiary/aromatic N) is 2. The van der Waals surface area contributed by atoms with E-state index in [1.807, 2.05) is 49.5 Å². The van der Waals surface area contributed by atoms with Gasteiger partial charge in [0.25, 0.3) is 0 Å². The zero-order chi connectivity index (χ0) is 15.7. The fraction of sp³-hybridized carbons (Fsp3) is 0.0625.